The molecule has 0 aliphatic carbocycles. The van der Waals surface area contributed by atoms with Crippen LogP contribution in [-0.4, -0.2) is 58.2 Å². The van der Waals surface area contributed by atoms with E-state index in [1.54, 1.807) is 27.7 Å². The zero-order valence-electron chi connectivity index (χ0n) is 21.6. The van der Waals surface area contributed by atoms with Crippen molar-refractivity contribution in [3.05, 3.63) is 84.1 Å². The summed E-state index contributed by atoms with van der Waals surface area (Å²) in [7, 11) is 1.88. The second kappa shape index (κ2) is 11.2. The van der Waals surface area contributed by atoms with E-state index in [-0.39, 0.29) is 24.4 Å². The van der Waals surface area contributed by atoms with Crippen LogP contribution in [0.5, 0.6) is 0 Å². The smallest absolute Gasteiger partial charge is 0.317 e. The highest BCUT2D eigenvalue weighted by Crippen LogP contribution is 2.35. The molecule has 0 aromatic carbocycles. The lowest BCUT2D eigenvalue weighted by atomic mass is 9.87. The molecular formula is C27H26ClFN10O. The molecule has 1 N–H and O–H groups in total. The van der Waals surface area contributed by atoms with Gasteiger partial charge in [0.1, 0.15) is 6.07 Å². The molecule has 40 heavy (non-hydrogen) atoms. The summed E-state index contributed by atoms with van der Waals surface area (Å²) < 4.78 is 18.1. The van der Waals surface area contributed by atoms with Crippen molar-refractivity contribution in [2.24, 2.45) is 7.05 Å². The van der Waals surface area contributed by atoms with Crippen LogP contribution in [0.1, 0.15) is 35.4 Å². The molecule has 5 aromatic rings. The molecule has 5 aromatic heterocycles. The van der Waals surface area contributed by atoms with Crippen LogP contribution < -0.4 is 5.32 Å². The lowest BCUT2D eigenvalue weighted by Gasteiger charge is -2.32. The highest BCUT2D eigenvalue weighted by molar-refractivity contribution is 5.85. The fourth-order valence-corrected chi connectivity index (χ4v) is 5.04. The van der Waals surface area contributed by atoms with Gasteiger partial charge >= 0.3 is 6.03 Å². The Hall–Kier alpha value is -4.76. The molecule has 0 atom stereocenters. The van der Waals surface area contributed by atoms with Gasteiger partial charge in [-0.2, -0.15) is 20.6 Å². The Labute approximate surface area is 235 Å². The Morgan fingerprint density at radius 1 is 1.07 bits per heavy atom. The molecule has 1 aliphatic rings. The minimum absolute atomic E-state index is 0. The van der Waals surface area contributed by atoms with Gasteiger partial charge in [0, 0.05) is 56.4 Å². The van der Waals surface area contributed by atoms with Gasteiger partial charge < -0.3 is 10.2 Å². The number of carbonyl (C=O) groups excluding carboxylic acids is 1. The van der Waals surface area contributed by atoms with Crippen molar-refractivity contribution in [3.63, 3.8) is 0 Å². The maximum Gasteiger partial charge on any atom is 0.317 e. The summed E-state index contributed by atoms with van der Waals surface area (Å²) in [6, 6.07) is 7.81. The van der Waals surface area contributed by atoms with Gasteiger partial charge in [-0.25, -0.2) is 23.4 Å². The lowest BCUT2D eigenvalue weighted by molar-refractivity contribution is 0.181. The number of rotatable bonds is 5. The molecule has 1 fully saturated rings. The normalized spacial score (nSPS) is 13.7. The predicted molar refractivity (Wildman–Crippen MR) is 146 cm³/mol. The summed E-state index contributed by atoms with van der Waals surface area (Å²) in [5.74, 6) is 0.245. The molecule has 0 radical (unpaired) electrons. The van der Waals surface area contributed by atoms with E-state index in [1.807, 2.05) is 36.6 Å². The highest BCUT2D eigenvalue weighted by Gasteiger charge is 2.27. The Morgan fingerprint density at radius 3 is 2.55 bits per heavy atom. The number of halogens is 2. The Morgan fingerprint density at radius 2 is 1.90 bits per heavy atom. The third-order valence-corrected chi connectivity index (χ3v) is 7.06. The van der Waals surface area contributed by atoms with Crippen molar-refractivity contribution in [2.75, 3.05) is 13.1 Å². The number of amides is 2. The van der Waals surface area contributed by atoms with Crippen molar-refractivity contribution in [1.82, 2.24) is 44.4 Å². The van der Waals surface area contributed by atoms with E-state index < -0.39 is 5.82 Å². The van der Waals surface area contributed by atoms with Gasteiger partial charge in [0.25, 0.3) is 0 Å². The number of hydrogen-bond acceptors (Lipinski definition) is 6. The molecule has 0 unspecified atom stereocenters. The quantitative estimate of drug-likeness (QED) is 0.348. The molecule has 2 amide bonds. The minimum atomic E-state index is -0.432. The zero-order valence-corrected chi connectivity index (χ0v) is 22.4. The number of carbonyl (C=O) groups is 1. The van der Waals surface area contributed by atoms with Gasteiger partial charge in [-0.15, -0.1) is 12.4 Å². The van der Waals surface area contributed by atoms with Crippen LogP contribution >= 0.6 is 12.4 Å². The number of nitrogens with zero attached hydrogens (tertiary/aromatic N) is 9. The van der Waals surface area contributed by atoms with E-state index >= 15 is 0 Å². The van der Waals surface area contributed by atoms with Crippen LogP contribution in [0.25, 0.3) is 22.5 Å². The maximum absolute atomic E-state index is 13.2. The lowest BCUT2D eigenvalue weighted by Crippen LogP contribution is -2.43. The van der Waals surface area contributed by atoms with Crippen LogP contribution in [0, 0.1) is 17.1 Å². The number of nitrogens with one attached hydrogen (secondary N) is 1. The summed E-state index contributed by atoms with van der Waals surface area (Å²) in [5.41, 5.74) is 5.21. The Bertz CT molecular complexity index is 1690. The number of nitriles is 1. The van der Waals surface area contributed by atoms with Gasteiger partial charge in [0.2, 0.25) is 0 Å². The number of urea groups is 1. The standard InChI is InChI=1S/C27H25FN10O.ClH/c1-35-15-22(13-32-35)20-8-24(26-21(9-29)12-33-38(26)16-20)19-4-6-36(7-5-19)27(39)31-11-18-2-3-25(30-10-18)37-17-23(28)14-34-37;/h2-3,8,10,12-17,19H,4-7,11H2,1H3,(H,31,39);1H. The largest absolute Gasteiger partial charge is 0.334 e. The van der Waals surface area contributed by atoms with Crippen molar-refractivity contribution in [3.8, 4) is 23.0 Å². The molecule has 13 heteroatoms. The summed E-state index contributed by atoms with van der Waals surface area (Å²) >= 11 is 0. The molecule has 0 bridgehead atoms. The van der Waals surface area contributed by atoms with Crippen molar-refractivity contribution < 1.29 is 9.18 Å². The number of pyridine rings is 2. The van der Waals surface area contributed by atoms with Crippen molar-refractivity contribution >= 4 is 24.0 Å². The third kappa shape index (κ3) is 5.23. The fraction of sp³-hybridized carbons (Fsp3) is 0.259. The summed E-state index contributed by atoms with van der Waals surface area (Å²) in [4.78, 5) is 19.0. The maximum atomic E-state index is 13.2. The first-order valence-electron chi connectivity index (χ1n) is 12.6. The monoisotopic (exact) mass is 560 g/mol. The molecule has 204 valence electrons. The first kappa shape index (κ1) is 26.8. The molecule has 1 aliphatic heterocycles. The number of aromatic nitrogens is 7. The van der Waals surface area contributed by atoms with Crippen molar-refractivity contribution in [1.29, 1.82) is 5.26 Å². The molecule has 11 nitrogen and oxygen atoms in total. The predicted octanol–water partition coefficient (Wildman–Crippen LogP) is 3.84. The minimum Gasteiger partial charge on any atom is -0.334 e. The fourth-order valence-electron chi connectivity index (χ4n) is 5.04. The van der Waals surface area contributed by atoms with E-state index in [4.69, 9.17) is 0 Å². The topological polar surface area (TPSA) is 122 Å². The molecule has 1 saturated heterocycles. The first-order valence-corrected chi connectivity index (χ1v) is 12.6. The zero-order chi connectivity index (χ0) is 26.9. The van der Waals surface area contributed by atoms with Crippen LogP contribution in [0.15, 0.2) is 61.6 Å². The van der Waals surface area contributed by atoms with E-state index in [0.717, 1.165) is 46.8 Å². The molecule has 0 saturated carbocycles. The summed E-state index contributed by atoms with van der Waals surface area (Å²) in [6.45, 7) is 1.52. The first-order chi connectivity index (χ1) is 19.0. The molecule has 0 spiro atoms. The summed E-state index contributed by atoms with van der Waals surface area (Å²) in [6.07, 6.45) is 12.8. The van der Waals surface area contributed by atoms with Crippen LogP contribution in [-0.2, 0) is 13.6 Å². The average molecular weight is 561 g/mol. The van der Waals surface area contributed by atoms with Gasteiger partial charge in [-0.05, 0) is 42.0 Å². The Balaban J connectivity index is 0.00000323. The van der Waals surface area contributed by atoms with E-state index in [9.17, 15) is 14.4 Å². The van der Waals surface area contributed by atoms with Gasteiger partial charge in [-0.3, -0.25) is 4.68 Å². The van der Waals surface area contributed by atoms with E-state index in [1.165, 1.54) is 10.9 Å². The van der Waals surface area contributed by atoms with Gasteiger partial charge in [-0.1, -0.05) is 6.07 Å². The van der Waals surface area contributed by atoms with Crippen LogP contribution in [0.3, 0.4) is 0 Å². The second-order valence-corrected chi connectivity index (χ2v) is 9.60. The molecule has 6 heterocycles. The average Bonchev–Trinajstić information content (AvgIpc) is 3.71. The second-order valence-electron chi connectivity index (χ2n) is 9.60. The number of hydrogen-bond donors (Lipinski definition) is 1. The number of piperidine rings is 1. The number of fused-ring (bicyclic) bond motifs is 1. The van der Waals surface area contributed by atoms with E-state index in [0.29, 0.717) is 31.0 Å². The Kier molecular flexibility index (Phi) is 7.48. The third-order valence-electron chi connectivity index (χ3n) is 7.06. The van der Waals surface area contributed by atoms with Gasteiger partial charge in [0.05, 0.1) is 35.9 Å². The van der Waals surface area contributed by atoms with Gasteiger partial charge in [0.15, 0.2) is 11.6 Å². The summed E-state index contributed by atoms with van der Waals surface area (Å²) in [5, 5.41) is 25.3. The van der Waals surface area contributed by atoms with Crippen LogP contribution in [0.2, 0.25) is 0 Å². The highest BCUT2D eigenvalue weighted by atomic mass is 35.5. The SMILES string of the molecule is Cl.Cn1cc(-c2cc(C3CCN(C(=O)NCc4ccc(-n5cc(F)cn5)nc4)CC3)c3c(C#N)cnn3c2)cn1. The number of aryl methyl sites for hydroxylation is 1. The molecule has 6 rings (SSSR count). The van der Waals surface area contributed by atoms with E-state index in [2.05, 4.69) is 37.7 Å². The molecular weight excluding hydrogens is 535 g/mol. The number of likely N-dealkylation sites (tertiary alicyclic amines) is 1. The van der Waals surface area contributed by atoms with Crippen LogP contribution in [0.4, 0.5) is 9.18 Å². The van der Waals surface area contributed by atoms with Crippen molar-refractivity contribution in [2.45, 2.75) is 25.3 Å².